The van der Waals surface area contributed by atoms with Crippen LogP contribution in [-0.4, -0.2) is 20.7 Å². The van der Waals surface area contributed by atoms with E-state index in [1.54, 1.807) is 60.9 Å². The third kappa shape index (κ3) is 2.84. The molecular weight excluding hydrogens is 328 g/mol. The Kier molecular flexibility index (Phi) is 3.99. The van der Waals surface area contributed by atoms with Crippen LogP contribution >= 0.6 is 0 Å². The summed E-state index contributed by atoms with van der Waals surface area (Å²) in [5.41, 5.74) is 1.11. The van der Waals surface area contributed by atoms with E-state index in [0.717, 1.165) is 0 Å². The molecule has 0 spiro atoms. The Bertz CT molecular complexity index is 1140. The van der Waals surface area contributed by atoms with Crippen LogP contribution in [0.1, 0.15) is 10.5 Å². The van der Waals surface area contributed by atoms with Crippen LogP contribution in [0.4, 0.5) is 5.69 Å². The Morgan fingerprint density at radius 3 is 2.23 bits per heavy atom. The van der Waals surface area contributed by atoms with E-state index in [1.165, 1.54) is 4.68 Å². The standard InChI is InChI=1S/C20H14N4O2/c25-19(22-14-10-12-21-13-11-14)18-16-8-4-5-9-17(16)20(26)24(23-18)15-6-2-1-3-7-15/h1-13H,(H,21,22,25). The topological polar surface area (TPSA) is 76.9 Å². The van der Waals surface area contributed by atoms with Gasteiger partial charge in [-0.2, -0.15) is 9.78 Å². The lowest BCUT2D eigenvalue weighted by molar-refractivity contribution is 0.102. The summed E-state index contributed by atoms with van der Waals surface area (Å²) in [6.07, 6.45) is 3.18. The number of rotatable bonds is 3. The van der Waals surface area contributed by atoms with Crippen molar-refractivity contribution < 1.29 is 4.79 Å². The van der Waals surface area contributed by atoms with Crippen LogP contribution in [0, 0.1) is 0 Å². The first-order chi connectivity index (χ1) is 12.7. The van der Waals surface area contributed by atoms with E-state index in [1.807, 2.05) is 18.2 Å². The summed E-state index contributed by atoms with van der Waals surface area (Å²) in [5, 5.41) is 8.08. The minimum atomic E-state index is -0.392. The monoisotopic (exact) mass is 342 g/mol. The molecule has 0 radical (unpaired) electrons. The number of nitrogens with one attached hydrogen (secondary N) is 1. The second-order valence-electron chi connectivity index (χ2n) is 5.64. The van der Waals surface area contributed by atoms with Gasteiger partial charge in [0.05, 0.1) is 11.1 Å². The smallest absolute Gasteiger partial charge is 0.279 e. The number of fused-ring (bicyclic) bond motifs is 1. The molecule has 0 saturated heterocycles. The van der Waals surface area contributed by atoms with Crippen LogP contribution in [0.2, 0.25) is 0 Å². The van der Waals surface area contributed by atoms with E-state index in [0.29, 0.717) is 22.1 Å². The van der Waals surface area contributed by atoms with E-state index >= 15 is 0 Å². The van der Waals surface area contributed by atoms with Crippen molar-refractivity contribution in [3.8, 4) is 5.69 Å². The third-order valence-corrected chi connectivity index (χ3v) is 3.96. The van der Waals surface area contributed by atoms with Gasteiger partial charge in [-0.05, 0) is 30.3 Å². The first kappa shape index (κ1) is 15.7. The fourth-order valence-electron chi connectivity index (χ4n) is 2.73. The third-order valence-electron chi connectivity index (χ3n) is 3.96. The fraction of sp³-hybridized carbons (Fsp3) is 0. The average molecular weight is 342 g/mol. The number of carbonyl (C=O) groups is 1. The van der Waals surface area contributed by atoms with Crippen molar-refractivity contribution in [1.82, 2.24) is 14.8 Å². The lowest BCUT2D eigenvalue weighted by atomic mass is 10.1. The van der Waals surface area contributed by atoms with Gasteiger partial charge in [-0.25, -0.2) is 0 Å². The maximum atomic E-state index is 12.8. The highest BCUT2D eigenvalue weighted by Crippen LogP contribution is 2.16. The molecule has 4 aromatic rings. The summed E-state index contributed by atoms with van der Waals surface area (Å²) in [4.78, 5) is 29.6. The molecule has 0 aliphatic heterocycles. The van der Waals surface area contributed by atoms with Gasteiger partial charge in [-0.3, -0.25) is 14.6 Å². The highest BCUT2D eigenvalue weighted by Gasteiger charge is 2.17. The molecule has 0 unspecified atom stereocenters. The molecule has 0 fully saturated rings. The van der Waals surface area contributed by atoms with E-state index in [4.69, 9.17) is 0 Å². The van der Waals surface area contributed by atoms with E-state index in [9.17, 15) is 9.59 Å². The quantitative estimate of drug-likeness (QED) is 0.621. The number of carbonyl (C=O) groups excluding carboxylic acids is 1. The Morgan fingerprint density at radius 2 is 1.50 bits per heavy atom. The largest absolute Gasteiger partial charge is 0.320 e. The van der Waals surface area contributed by atoms with Crippen LogP contribution < -0.4 is 10.9 Å². The van der Waals surface area contributed by atoms with Gasteiger partial charge in [0, 0.05) is 23.5 Å². The Hall–Kier alpha value is -3.80. The van der Waals surface area contributed by atoms with Gasteiger partial charge in [0.1, 0.15) is 0 Å². The Balaban J connectivity index is 1.90. The summed E-state index contributed by atoms with van der Waals surface area (Å²) < 4.78 is 1.25. The first-order valence-corrected chi connectivity index (χ1v) is 8.03. The number of hydrogen-bond acceptors (Lipinski definition) is 4. The number of amides is 1. The van der Waals surface area contributed by atoms with Crippen molar-refractivity contribution in [3.05, 3.63) is 95.2 Å². The van der Waals surface area contributed by atoms with Gasteiger partial charge in [-0.15, -0.1) is 0 Å². The van der Waals surface area contributed by atoms with E-state index in [2.05, 4.69) is 15.4 Å². The van der Waals surface area contributed by atoms with E-state index < -0.39 is 5.91 Å². The molecule has 2 aromatic heterocycles. The molecule has 4 rings (SSSR count). The first-order valence-electron chi connectivity index (χ1n) is 8.03. The molecule has 126 valence electrons. The number of benzene rings is 2. The minimum Gasteiger partial charge on any atom is -0.320 e. The Labute approximate surface area is 148 Å². The summed E-state index contributed by atoms with van der Waals surface area (Å²) in [5.74, 6) is -0.392. The zero-order chi connectivity index (χ0) is 17.9. The predicted molar refractivity (Wildman–Crippen MR) is 99.5 cm³/mol. The molecule has 0 atom stereocenters. The normalized spacial score (nSPS) is 10.6. The zero-order valence-electron chi connectivity index (χ0n) is 13.7. The van der Waals surface area contributed by atoms with Crippen LogP contribution in [0.25, 0.3) is 16.5 Å². The van der Waals surface area contributed by atoms with Crippen molar-refractivity contribution >= 4 is 22.4 Å². The van der Waals surface area contributed by atoms with Crippen LogP contribution in [0.15, 0.2) is 83.9 Å². The highest BCUT2D eigenvalue weighted by atomic mass is 16.2. The second-order valence-corrected chi connectivity index (χ2v) is 5.64. The summed E-state index contributed by atoms with van der Waals surface area (Å²) >= 11 is 0. The average Bonchev–Trinajstić information content (AvgIpc) is 2.70. The van der Waals surface area contributed by atoms with Gasteiger partial charge >= 0.3 is 0 Å². The molecule has 0 aliphatic carbocycles. The molecule has 0 bridgehead atoms. The molecule has 6 nitrogen and oxygen atoms in total. The molecule has 2 aromatic carbocycles. The lowest BCUT2D eigenvalue weighted by Gasteiger charge is -2.11. The molecule has 2 heterocycles. The summed E-state index contributed by atoms with van der Waals surface area (Å²) in [6.45, 7) is 0. The number of nitrogens with zero attached hydrogens (tertiary/aromatic N) is 3. The maximum Gasteiger partial charge on any atom is 0.279 e. The molecular formula is C20H14N4O2. The second kappa shape index (κ2) is 6.60. The van der Waals surface area contributed by atoms with Gasteiger partial charge in [0.15, 0.2) is 5.69 Å². The zero-order valence-corrected chi connectivity index (χ0v) is 13.7. The van der Waals surface area contributed by atoms with Crippen molar-refractivity contribution in [3.63, 3.8) is 0 Å². The van der Waals surface area contributed by atoms with Crippen molar-refractivity contribution in [2.45, 2.75) is 0 Å². The highest BCUT2D eigenvalue weighted by molar-refractivity contribution is 6.11. The number of aromatic nitrogens is 3. The number of anilines is 1. The van der Waals surface area contributed by atoms with Crippen molar-refractivity contribution in [1.29, 1.82) is 0 Å². The number of para-hydroxylation sites is 1. The molecule has 0 saturated carbocycles. The molecule has 6 heteroatoms. The summed E-state index contributed by atoms with van der Waals surface area (Å²) in [7, 11) is 0. The van der Waals surface area contributed by atoms with Crippen molar-refractivity contribution in [2.75, 3.05) is 5.32 Å². The van der Waals surface area contributed by atoms with Gasteiger partial charge in [0.2, 0.25) is 0 Å². The molecule has 1 N–H and O–H groups in total. The van der Waals surface area contributed by atoms with Gasteiger partial charge in [-0.1, -0.05) is 36.4 Å². The number of hydrogen-bond donors (Lipinski definition) is 1. The Morgan fingerprint density at radius 1 is 0.846 bits per heavy atom. The molecule has 1 amide bonds. The maximum absolute atomic E-state index is 12.8. The summed E-state index contributed by atoms with van der Waals surface area (Å²) in [6, 6.07) is 19.4. The minimum absolute atomic E-state index is 0.181. The van der Waals surface area contributed by atoms with Crippen molar-refractivity contribution in [2.24, 2.45) is 0 Å². The van der Waals surface area contributed by atoms with Crippen LogP contribution in [-0.2, 0) is 0 Å². The van der Waals surface area contributed by atoms with Gasteiger partial charge < -0.3 is 5.32 Å². The van der Waals surface area contributed by atoms with E-state index in [-0.39, 0.29) is 11.3 Å². The lowest BCUT2D eigenvalue weighted by Crippen LogP contribution is -2.26. The van der Waals surface area contributed by atoms with Crippen LogP contribution in [0.5, 0.6) is 0 Å². The molecule has 26 heavy (non-hydrogen) atoms. The predicted octanol–water partition coefficient (Wildman–Crippen LogP) is 3.03. The number of pyridine rings is 1. The fourth-order valence-corrected chi connectivity index (χ4v) is 2.73. The van der Waals surface area contributed by atoms with Gasteiger partial charge in [0.25, 0.3) is 11.5 Å². The van der Waals surface area contributed by atoms with Crippen LogP contribution in [0.3, 0.4) is 0 Å². The molecule has 0 aliphatic rings. The SMILES string of the molecule is O=C(Nc1ccncc1)c1nn(-c2ccccc2)c(=O)c2ccccc12.